The van der Waals surface area contributed by atoms with Crippen molar-refractivity contribution in [2.45, 2.75) is 19.4 Å². The molecule has 0 heterocycles. The van der Waals surface area contributed by atoms with Gasteiger partial charge in [0.15, 0.2) is 0 Å². The molecule has 1 aromatic rings. The van der Waals surface area contributed by atoms with Crippen LogP contribution in [0.3, 0.4) is 0 Å². The van der Waals surface area contributed by atoms with Gasteiger partial charge in [0.2, 0.25) is 0 Å². The minimum absolute atomic E-state index is 0.0844. The summed E-state index contributed by atoms with van der Waals surface area (Å²) in [4.78, 5) is 0. The molecule has 1 aromatic carbocycles. The second-order valence-corrected chi connectivity index (χ2v) is 3.16. The molecule has 13 heavy (non-hydrogen) atoms. The third-order valence-electron chi connectivity index (χ3n) is 2.09. The lowest BCUT2D eigenvalue weighted by atomic mass is 10.0. The van der Waals surface area contributed by atoms with Crippen LogP contribution in [0.4, 0.5) is 0 Å². The second kappa shape index (κ2) is 4.25. The molecule has 0 unspecified atom stereocenters. The number of hydrogen-bond acceptors (Lipinski definition) is 3. The van der Waals surface area contributed by atoms with Gasteiger partial charge >= 0.3 is 0 Å². The maximum Gasteiger partial charge on any atom is 0.118 e. The van der Waals surface area contributed by atoms with E-state index in [9.17, 15) is 5.11 Å². The molecule has 0 saturated heterocycles. The molecule has 3 heteroatoms. The number of hydrogen-bond donors (Lipinski definition) is 3. The molecule has 0 amide bonds. The Morgan fingerprint density at radius 2 is 2.15 bits per heavy atom. The van der Waals surface area contributed by atoms with Gasteiger partial charge in [0.05, 0.1) is 0 Å². The first-order valence-electron chi connectivity index (χ1n) is 4.31. The summed E-state index contributed by atoms with van der Waals surface area (Å²) in [5.74, 6) is 0.278. The van der Waals surface area contributed by atoms with Crippen molar-refractivity contribution in [1.29, 1.82) is 0 Å². The molecule has 4 N–H and O–H groups in total. The van der Waals surface area contributed by atoms with Crippen LogP contribution in [0.15, 0.2) is 18.2 Å². The van der Waals surface area contributed by atoms with Gasteiger partial charge in [0.1, 0.15) is 5.75 Å². The van der Waals surface area contributed by atoms with Crippen molar-refractivity contribution in [2.75, 3.05) is 6.61 Å². The molecule has 1 atom stereocenters. The number of phenols is 1. The Balaban J connectivity index is 2.84. The highest BCUT2D eigenvalue weighted by molar-refractivity contribution is 5.36. The number of aryl methyl sites for hydroxylation is 1. The third-order valence-corrected chi connectivity index (χ3v) is 2.09. The molecular weight excluding hydrogens is 166 g/mol. The van der Waals surface area contributed by atoms with E-state index in [-0.39, 0.29) is 18.4 Å². The van der Waals surface area contributed by atoms with E-state index in [1.807, 2.05) is 13.0 Å². The van der Waals surface area contributed by atoms with E-state index < -0.39 is 0 Å². The summed E-state index contributed by atoms with van der Waals surface area (Å²) in [6.07, 6.45) is 0.546. The highest BCUT2D eigenvalue weighted by Crippen LogP contribution is 2.21. The predicted molar refractivity (Wildman–Crippen MR) is 51.5 cm³/mol. The predicted octanol–water partition coefficient (Wildman–Crippen LogP) is 1.08. The highest BCUT2D eigenvalue weighted by atomic mass is 16.3. The van der Waals surface area contributed by atoms with E-state index in [0.717, 1.165) is 11.1 Å². The third kappa shape index (κ3) is 2.44. The van der Waals surface area contributed by atoms with Gasteiger partial charge in [-0.15, -0.1) is 0 Å². The van der Waals surface area contributed by atoms with Crippen LogP contribution < -0.4 is 5.73 Å². The van der Waals surface area contributed by atoms with Crippen LogP contribution in [-0.2, 0) is 0 Å². The van der Waals surface area contributed by atoms with Crippen molar-refractivity contribution in [3.8, 4) is 5.75 Å². The van der Waals surface area contributed by atoms with E-state index in [1.54, 1.807) is 12.1 Å². The number of nitrogens with two attached hydrogens (primary N) is 1. The van der Waals surface area contributed by atoms with Crippen molar-refractivity contribution in [3.05, 3.63) is 29.3 Å². The minimum Gasteiger partial charge on any atom is -0.508 e. The van der Waals surface area contributed by atoms with Crippen molar-refractivity contribution >= 4 is 0 Å². The Kier molecular flexibility index (Phi) is 3.28. The topological polar surface area (TPSA) is 66.5 Å². The fraction of sp³-hybridized carbons (Fsp3) is 0.400. The summed E-state index contributed by atoms with van der Waals surface area (Å²) in [6, 6.07) is 5.10. The molecular formula is C10H15NO2. The van der Waals surface area contributed by atoms with E-state index >= 15 is 0 Å². The first-order chi connectivity index (χ1) is 6.15. The first-order valence-corrected chi connectivity index (χ1v) is 4.31. The standard InChI is InChI=1S/C10H15NO2/c1-7-6-8(2-3-10(7)13)9(11)4-5-12/h2-3,6,9,12-13H,4-5,11H2,1H3/t9-/m0/s1. The number of aromatic hydroxyl groups is 1. The Labute approximate surface area is 77.8 Å². The zero-order chi connectivity index (χ0) is 9.84. The molecule has 0 spiro atoms. The number of benzene rings is 1. The maximum absolute atomic E-state index is 9.27. The van der Waals surface area contributed by atoms with Gasteiger partial charge in [-0.1, -0.05) is 12.1 Å². The summed E-state index contributed by atoms with van der Waals surface area (Å²) in [5.41, 5.74) is 7.54. The molecule has 0 aliphatic rings. The highest BCUT2D eigenvalue weighted by Gasteiger charge is 2.06. The van der Waals surface area contributed by atoms with Gasteiger partial charge in [-0.25, -0.2) is 0 Å². The zero-order valence-electron chi connectivity index (χ0n) is 7.70. The van der Waals surface area contributed by atoms with Crippen LogP contribution in [0, 0.1) is 6.92 Å². The average molecular weight is 181 g/mol. The Bertz CT molecular complexity index is 286. The fourth-order valence-electron chi connectivity index (χ4n) is 1.22. The number of rotatable bonds is 3. The molecule has 0 aromatic heterocycles. The molecule has 0 fully saturated rings. The second-order valence-electron chi connectivity index (χ2n) is 3.16. The summed E-state index contributed by atoms with van der Waals surface area (Å²) in [7, 11) is 0. The van der Waals surface area contributed by atoms with Gasteiger partial charge < -0.3 is 15.9 Å². The largest absolute Gasteiger partial charge is 0.508 e. The van der Waals surface area contributed by atoms with E-state index in [0.29, 0.717) is 6.42 Å². The lowest BCUT2D eigenvalue weighted by Crippen LogP contribution is -2.11. The van der Waals surface area contributed by atoms with Crippen LogP contribution in [0.5, 0.6) is 5.75 Å². The lowest BCUT2D eigenvalue weighted by molar-refractivity contribution is 0.276. The Morgan fingerprint density at radius 1 is 1.46 bits per heavy atom. The Morgan fingerprint density at radius 3 is 2.69 bits per heavy atom. The summed E-state index contributed by atoms with van der Waals surface area (Å²) < 4.78 is 0. The van der Waals surface area contributed by atoms with Crippen LogP contribution >= 0.6 is 0 Å². The normalized spacial score (nSPS) is 12.8. The van der Waals surface area contributed by atoms with Crippen molar-refractivity contribution in [3.63, 3.8) is 0 Å². The molecule has 0 aliphatic heterocycles. The van der Waals surface area contributed by atoms with Gasteiger partial charge in [-0.3, -0.25) is 0 Å². The van der Waals surface area contributed by atoms with E-state index in [1.165, 1.54) is 0 Å². The number of phenolic OH excluding ortho intramolecular Hbond substituents is 1. The first kappa shape index (κ1) is 10.0. The van der Waals surface area contributed by atoms with Crippen LogP contribution in [0.2, 0.25) is 0 Å². The van der Waals surface area contributed by atoms with Crippen LogP contribution in [-0.4, -0.2) is 16.8 Å². The zero-order valence-corrected chi connectivity index (χ0v) is 7.70. The number of aliphatic hydroxyl groups is 1. The smallest absolute Gasteiger partial charge is 0.118 e. The van der Waals surface area contributed by atoms with Gasteiger partial charge in [0.25, 0.3) is 0 Å². The quantitative estimate of drug-likeness (QED) is 0.653. The van der Waals surface area contributed by atoms with E-state index in [4.69, 9.17) is 10.8 Å². The van der Waals surface area contributed by atoms with Gasteiger partial charge in [-0.2, -0.15) is 0 Å². The summed E-state index contributed by atoms with van der Waals surface area (Å²) >= 11 is 0. The maximum atomic E-state index is 9.27. The molecule has 0 aliphatic carbocycles. The minimum atomic E-state index is -0.149. The molecule has 0 radical (unpaired) electrons. The molecule has 1 rings (SSSR count). The van der Waals surface area contributed by atoms with Gasteiger partial charge in [0, 0.05) is 12.6 Å². The fourth-order valence-corrected chi connectivity index (χ4v) is 1.22. The molecule has 72 valence electrons. The Hall–Kier alpha value is -1.06. The SMILES string of the molecule is Cc1cc([C@@H](N)CCO)ccc1O. The summed E-state index contributed by atoms with van der Waals surface area (Å²) in [6.45, 7) is 1.91. The van der Waals surface area contributed by atoms with Crippen LogP contribution in [0.1, 0.15) is 23.6 Å². The van der Waals surface area contributed by atoms with Crippen molar-refractivity contribution < 1.29 is 10.2 Å². The lowest BCUT2D eigenvalue weighted by Gasteiger charge is -2.11. The molecule has 0 saturated carbocycles. The molecule has 0 bridgehead atoms. The van der Waals surface area contributed by atoms with E-state index in [2.05, 4.69) is 0 Å². The summed E-state index contributed by atoms with van der Waals surface area (Å²) in [5, 5.41) is 18.0. The van der Waals surface area contributed by atoms with Crippen molar-refractivity contribution in [1.82, 2.24) is 0 Å². The number of aliphatic hydroxyl groups excluding tert-OH is 1. The monoisotopic (exact) mass is 181 g/mol. The van der Waals surface area contributed by atoms with Gasteiger partial charge in [-0.05, 0) is 30.5 Å². The van der Waals surface area contributed by atoms with Crippen LogP contribution in [0.25, 0.3) is 0 Å². The molecule has 3 nitrogen and oxygen atoms in total. The van der Waals surface area contributed by atoms with Crippen molar-refractivity contribution in [2.24, 2.45) is 5.73 Å². The average Bonchev–Trinajstić information content (AvgIpc) is 2.10.